The second kappa shape index (κ2) is 4.97. The van der Waals surface area contributed by atoms with Crippen molar-refractivity contribution in [1.82, 2.24) is 5.32 Å². The predicted octanol–water partition coefficient (Wildman–Crippen LogP) is 0.118. The third-order valence-corrected chi connectivity index (χ3v) is 2.21. The van der Waals surface area contributed by atoms with Crippen LogP contribution in [0, 0.1) is 5.92 Å². The van der Waals surface area contributed by atoms with E-state index in [0.29, 0.717) is 12.5 Å². The Hall–Kier alpha value is -0.900. The standard InChI is InChI=1S/C9H15NO3/c1-7(11)9(12)10-6-8-2-4-13-5-3-8/h8H,2-6H2,1H3,(H,10,12). The van der Waals surface area contributed by atoms with Crippen LogP contribution < -0.4 is 5.32 Å². The predicted molar refractivity (Wildman–Crippen MR) is 47.2 cm³/mol. The minimum Gasteiger partial charge on any atom is -0.381 e. The van der Waals surface area contributed by atoms with Crippen LogP contribution in [0.3, 0.4) is 0 Å². The van der Waals surface area contributed by atoms with Crippen molar-refractivity contribution in [2.24, 2.45) is 5.92 Å². The highest BCUT2D eigenvalue weighted by atomic mass is 16.5. The van der Waals surface area contributed by atoms with Crippen molar-refractivity contribution >= 4 is 11.7 Å². The van der Waals surface area contributed by atoms with Gasteiger partial charge in [0.2, 0.25) is 5.78 Å². The van der Waals surface area contributed by atoms with Crippen LogP contribution in [0.1, 0.15) is 19.8 Å². The van der Waals surface area contributed by atoms with Gasteiger partial charge in [-0.15, -0.1) is 0 Å². The molecular formula is C9H15NO3. The Morgan fingerprint density at radius 3 is 2.54 bits per heavy atom. The summed E-state index contributed by atoms with van der Waals surface area (Å²) in [5.41, 5.74) is 0. The van der Waals surface area contributed by atoms with Crippen LogP contribution in [0.2, 0.25) is 0 Å². The van der Waals surface area contributed by atoms with E-state index in [9.17, 15) is 9.59 Å². The van der Waals surface area contributed by atoms with Crippen molar-refractivity contribution in [3.63, 3.8) is 0 Å². The Labute approximate surface area is 77.6 Å². The van der Waals surface area contributed by atoms with E-state index in [2.05, 4.69) is 5.32 Å². The monoisotopic (exact) mass is 185 g/mol. The highest BCUT2D eigenvalue weighted by Crippen LogP contribution is 2.12. The lowest BCUT2D eigenvalue weighted by molar-refractivity contribution is -0.136. The average molecular weight is 185 g/mol. The van der Waals surface area contributed by atoms with Crippen LogP contribution in [0.5, 0.6) is 0 Å². The van der Waals surface area contributed by atoms with Crippen LogP contribution >= 0.6 is 0 Å². The molecule has 0 aliphatic carbocycles. The van der Waals surface area contributed by atoms with Gasteiger partial charge in [-0.1, -0.05) is 0 Å². The number of nitrogens with one attached hydrogen (secondary N) is 1. The van der Waals surface area contributed by atoms with E-state index in [1.165, 1.54) is 6.92 Å². The van der Waals surface area contributed by atoms with Gasteiger partial charge in [-0.05, 0) is 18.8 Å². The molecule has 1 N–H and O–H groups in total. The molecule has 1 aliphatic rings. The highest BCUT2D eigenvalue weighted by molar-refractivity contribution is 6.35. The minimum absolute atomic E-state index is 0.424. The number of hydrogen-bond donors (Lipinski definition) is 1. The number of amides is 1. The Morgan fingerprint density at radius 1 is 1.38 bits per heavy atom. The lowest BCUT2D eigenvalue weighted by Gasteiger charge is -2.21. The van der Waals surface area contributed by atoms with Crippen LogP contribution in [0.15, 0.2) is 0 Å². The molecule has 1 fully saturated rings. The number of Topliss-reactive ketones (excluding diaryl/α,β-unsaturated/α-hetero) is 1. The summed E-state index contributed by atoms with van der Waals surface area (Å²) in [6.45, 7) is 3.41. The molecule has 1 saturated heterocycles. The summed E-state index contributed by atoms with van der Waals surface area (Å²) in [4.78, 5) is 21.5. The summed E-state index contributed by atoms with van der Waals surface area (Å²) in [6.07, 6.45) is 1.94. The van der Waals surface area contributed by atoms with Crippen molar-refractivity contribution in [1.29, 1.82) is 0 Å². The Bertz CT molecular complexity index is 197. The van der Waals surface area contributed by atoms with Crippen LogP contribution in [0.25, 0.3) is 0 Å². The van der Waals surface area contributed by atoms with E-state index < -0.39 is 11.7 Å². The third-order valence-electron chi connectivity index (χ3n) is 2.21. The summed E-state index contributed by atoms with van der Waals surface area (Å²) in [6, 6.07) is 0. The van der Waals surface area contributed by atoms with Gasteiger partial charge in [-0.25, -0.2) is 0 Å². The molecule has 1 amide bonds. The van der Waals surface area contributed by atoms with E-state index >= 15 is 0 Å². The lowest BCUT2D eigenvalue weighted by atomic mass is 10.0. The molecule has 1 aliphatic heterocycles. The van der Waals surface area contributed by atoms with Crippen molar-refractivity contribution in [2.75, 3.05) is 19.8 Å². The normalized spacial score (nSPS) is 18.2. The van der Waals surface area contributed by atoms with Gasteiger partial charge >= 0.3 is 0 Å². The van der Waals surface area contributed by atoms with Crippen LogP contribution in [-0.2, 0) is 14.3 Å². The molecule has 13 heavy (non-hydrogen) atoms. The minimum atomic E-state index is -0.480. The number of hydrogen-bond acceptors (Lipinski definition) is 3. The third kappa shape index (κ3) is 3.55. The molecule has 74 valence electrons. The molecule has 4 nitrogen and oxygen atoms in total. The fraction of sp³-hybridized carbons (Fsp3) is 0.778. The van der Waals surface area contributed by atoms with Crippen molar-refractivity contribution in [3.8, 4) is 0 Å². The first-order valence-corrected chi connectivity index (χ1v) is 4.56. The zero-order chi connectivity index (χ0) is 9.68. The van der Waals surface area contributed by atoms with Gasteiger partial charge in [-0.2, -0.15) is 0 Å². The molecule has 0 atom stereocenters. The van der Waals surface area contributed by atoms with Gasteiger partial charge in [0.25, 0.3) is 5.91 Å². The molecule has 0 radical (unpaired) electrons. The molecule has 0 aromatic heterocycles. The van der Waals surface area contributed by atoms with Gasteiger partial charge in [0.15, 0.2) is 0 Å². The zero-order valence-corrected chi connectivity index (χ0v) is 7.84. The van der Waals surface area contributed by atoms with Crippen LogP contribution in [0.4, 0.5) is 0 Å². The summed E-state index contributed by atoms with van der Waals surface area (Å²) < 4.78 is 5.17. The maximum atomic E-state index is 10.9. The maximum Gasteiger partial charge on any atom is 0.287 e. The van der Waals surface area contributed by atoms with Crippen LogP contribution in [-0.4, -0.2) is 31.4 Å². The Balaban J connectivity index is 2.17. The Kier molecular flexibility index (Phi) is 3.89. The van der Waals surface area contributed by atoms with E-state index in [1.807, 2.05) is 0 Å². The summed E-state index contributed by atoms with van der Waals surface area (Å²) in [7, 11) is 0. The summed E-state index contributed by atoms with van der Waals surface area (Å²) in [5.74, 6) is -0.435. The zero-order valence-electron chi connectivity index (χ0n) is 7.84. The first-order valence-electron chi connectivity index (χ1n) is 4.56. The molecule has 0 aromatic carbocycles. The first kappa shape index (κ1) is 10.2. The SMILES string of the molecule is CC(=O)C(=O)NCC1CCOCC1. The van der Waals surface area contributed by atoms with Crippen molar-refractivity contribution in [2.45, 2.75) is 19.8 Å². The fourth-order valence-corrected chi connectivity index (χ4v) is 1.31. The molecule has 0 unspecified atom stereocenters. The number of carbonyl (C=O) groups is 2. The largest absolute Gasteiger partial charge is 0.381 e. The van der Waals surface area contributed by atoms with Gasteiger partial charge < -0.3 is 10.1 Å². The smallest absolute Gasteiger partial charge is 0.287 e. The Morgan fingerprint density at radius 2 is 2.00 bits per heavy atom. The molecule has 1 rings (SSSR count). The maximum absolute atomic E-state index is 10.9. The molecule has 1 heterocycles. The topological polar surface area (TPSA) is 55.4 Å². The number of ether oxygens (including phenoxy) is 1. The van der Waals surface area contributed by atoms with Crippen molar-refractivity contribution < 1.29 is 14.3 Å². The highest BCUT2D eigenvalue weighted by Gasteiger charge is 2.15. The quantitative estimate of drug-likeness (QED) is 0.635. The average Bonchev–Trinajstić information content (AvgIpc) is 2.15. The second-order valence-electron chi connectivity index (χ2n) is 3.32. The van der Waals surface area contributed by atoms with Gasteiger partial charge in [0, 0.05) is 26.7 Å². The molecular weight excluding hydrogens is 170 g/mol. The molecule has 0 aromatic rings. The van der Waals surface area contributed by atoms with E-state index in [-0.39, 0.29) is 0 Å². The summed E-state index contributed by atoms with van der Waals surface area (Å²) in [5, 5.41) is 2.61. The molecule has 0 spiro atoms. The fourth-order valence-electron chi connectivity index (χ4n) is 1.31. The lowest BCUT2D eigenvalue weighted by Crippen LogP contribution is -2.35. The summed E-state index contributed by atoms with van der Waals surface area (Å²) >= 11 is 0. The van der Waals surface area contributed by atoms with E-state index in [1.54, 1.807) is 0 Å². The number of ketones is 1. The van der Waals surface area contributed by atoms with Gasteiger partial charge in [-0.3, -0.25) is 9.59 Å². The molecule has 0 saturated carbocycles. The van der Waals surface area contributed by atoms with E-state index in [4.69, 9.17) is 4.74 Å². The first-order chi connectivity index (χ1) is 6.20. The van der Waals surface area contributed by atoms with Crippen molar-refractivity contribution in [3.05, 3.63) is 0 Å². The molecule has 4 heteroatoms. The second-order valence-corrected chi connectivity index (χ2v) is 3.32. The number of rotatable bonds is 3. The number of carbonyl (C=O) groups excluding carboxylic acids is 2. The van der Waals surface area contributed by atoms with Gasteiger partial charge in [0.05, 0.1) is 0 Å². The van der Waals surface area contributed by atoms with E-state index in [0.717, 1.165) is 26.1 Å². The molecule has 0 bridgehead atoms. The van der Waals surface area contributed by atoms with Gasteiger partial charge in [0.1, 0.15) is 0 Å².